The van der Waals surface area contributed by atoms with Gasteiger partial charge in [-0.2, -0.15) is 15.8 Å². The highest BCUT2D eigenvalue weighted by molar-refractivity contribution is 5.74. The number of cyclic esters (lactones) is 1. The number of nitrogens with one attached hydrogen (secondary N) is 2. The highest BCUT2D eigenvalue weighted by Gasteiger charge is 2.37. The van der Waals surface area contributed by atoms with E-state index in [1.165, 1.54) is 13.0 Å². The monoisotopic (exact) mass is 500 g/mol. The normalized spacial score (nSPS) is 16.4. The molecule has 1 heterocycles. The number of carbonyl (C=O) groups is 2. The van der Waals surface area contributed by atoms with Crippen molar-refractivity contribution in [3.8, 4) is 30.6 Å². The second kappa shape index (κ2) is 19.4. The van der Waals surface area contributed by atoms with Crippen molar-refractivity contribution in [2.75, 3.05) is 26.2 Å². The number of allylic oxidation sites excluding steroid dienone is 3. The van der Waals surface area contributed by atoms with Crippen LogP contribution in [0.3, 0.4) is 0 Å². The lowest BCUT2D eigenvalue weighted by Crippen LogP contribution is -2.32. The van der Waals surface area contributed by atoms with Crippen molar-refractivity contribution < 1.29 is 18.7 Å². The summed E-state index contributed by atoms with van der Waals surface area (Å²) in [4.78, 5) is 23.6. The number of hydrogen-bond donors (Lipinski definition) is 2. The number of ether oxygens (including phenoxy) is 1. The molecule has 1 saturated heterocycles. The number of hydrogen-bond acceptors (Lipinski definition) is 7. The third kappa shape index (κ3) is 12.6. The Bertz CT molecular complexity index is 921. The molecule has 1 aliphatic heterocycles. The van der Waals surface area contributed by atoms with Crippen molar-refractivity contribution >= 4 is 12.0 Å². The molecular weight excluding hydrogens is 463 g/mol. The van der Waals surface area contributed by atoms with Crippen LogP contribution in [0.4, 0.5) is 9.18 Å². The van der Waals surface area contributed by atoms with Crippen molar-refractivity contribution in [2.45, 2.75) is 60.5 Å². The third-order valence-electron chi connectivity index (χ3n) is 5.32. The predicted molar refractivity (Wildman–Crippen MR) is 135 cm³/mol. The Morgan fingerprint density at radius 1 is 1.31 bits per heavy atom. The smallest absolute Gasteiger partial charge is 0.414 e. The minimum absolute atomic E-state index is 0.103. The first-order valence-electron chi connectivity index (χ1n) is 11.5. The lowest BCUT2D eigenvalue weighted by molar-refractivity contribution is -0.119. The summed E-state index contributed by atoms with van der Waals surface area (Å²) in [6.07, 6.45) is 7.98. The standard InChI is InChI=1S/C13H17FN4.C10H16N2O3.C3H4/c1-3-12(14)9-18-6-5-13(4-2,10-17)11(7-15)8-16;1-4-7(2)12-6-9(15-10(12)14)5-11-8(3)13;1-3-2/h3,11,18H,4-6,9H2,1-2H3;4,9H,5-6H2,1-3H3,(H,11,13);1H,2H3/b12-3+;7-4+;. The molecule has 0 spiro atoms. The summed E-state index contributed by atoms with van der Waals surface area (Å²) in [5.41, 5.74) is -0.117. The van der Waals surface area contributed by atoms with Gasteiger partial charge in [-0.1, -0.05) is 19.1 Å². The van der Waals surface area contributed by atoms with E-state index in [1.54, 1.807) is 25.7 Å². The van der Waals surface area contributed by atoms with Gasteiger partial charge in [0.05, 0.1) is 36.7 Å². The molecule has 0 saturated carbocycles. The number of amides is 2. The number of nitrogens with zero attached hydrogens (tertiary/aromatic N) is 4. The maximum absolute atomic E-state index is 12.8. The Labute approximate surface area is 214 Å². The van der Waals surface area contributed by atoms with Gasteiger partial charge in [-0.3, -0.25) is 9.69 Å². The van der Waals surface area contributed by atoms with Gasteiger partial charge < -0.3 is 15.4 Å². The Morgan fingerprint density at radius 3 is 2.31 bits per heavy atom. The molecule has 9 nitrogen and oxygen atoms in total. The van der Waals surface area contributed by atoms with Gasteiger partial charge in [-0.25, -0.2) is 9.18 Å². The number of halogens is 1. The van der Waals surface area contributed by atoms with Crippen molar-refractivity contribution in [1.82, 2.24) is 15.5 Å². The average Bonchev–Trinajstić information content (AvgIpc) is 3.25. The van der Waals surface area contributed by atoms with Gasteiger partial charge in [0.1, 0.15) is 11.9 Å². The summed E-state index contributed by atoms with van der Waals surface area (Å²) in [5, 5.41) is 32.5. The molecule has 2 atom stereocenters. The topological polar surface area (TPSA) is 142 Å². The van der Waals surface area contributed by atoms with Crippen LogP contribution in [-0.2, 0) is 9.53 Å². The van der Waals surface area contributed by atoms with Crippen LogP contribution in [0.1, 0.15) is 54.4 Å². The van der Waals surface area contributed by atoms with Crippen molar-refractivity contribution in [1.29, 1.82) is 15.8 Å². The molecule has 0 aromatic carbocycles. The van der Waals surface area contributed by atoms with Gasteiger partial charge in [0.15, 0.2) is 5.92 Å². The zero-order valence-electron chi connectivity index (χ0n) is 22.0. The molecule has 196 valence electrons. The fourth-order valence-corrected chi connectivity index (χ4v) is 2.95. The van der Waals surface area contributed by atoms with E-state index in [2.05, 4.69) is 29.0 Å². The second-order valence-corrected chi connectivity index (χ2v) is 7.75. The minimum Gasteiger partial charge on any atom is -0.442 e. The number of terminal acetylenes is 1. The molecule has 0 aromatic heterocycles. The molecule has 1 rings (SSSR count). The first-order valence-corrected chi connectivity index (χ1v) is 11.5. The summed E-state index contributed by atoms with van der Waals surface area (Å²) in [6, 6.07) is 5.79. The van der Waals surface area contributed by atoms with Crippen LogP contribution in [0.15, 0.2) is 23.7 Å². The van der Waals surface area contributed by atoms with E-state index in [9.17, 15) is 19.2 Å². The molecule has 2 unspecified atom stereocenters. The molecule has 0 bridgehead atoms. The predicted octanol–water partition coefficient (Wildman–Crippen LogP) is 3.93. The summed E-state index contributed by atoms with van der Waals surface area (Å²) >= 11 is 0. The van der Waals surface area contributed by atoms with Crippen LogP contribution in [0.5, 0.6) is 0 Å². The second-order valence-electron chi connectivity index (χ2n) is 7.75. The first-order chi connectivity index (χ1) is 17.1. The van der Waals surface area contributed by atoms with Crippen LogP contribution in [0.2, 0.25) is 0 Å². The Kier molecular flexibility index (Phi) is 18.5. The fraction of sp³-hybridized carbons (Fsp3) is 0.577. The average molecular weight is 501 g/mol. The van der Waals surface area contributed by atoms with E-state index in [-0.39, 0.29) is 30.5 Å². The van der Waals surface area contributed by atoms with E-state index in [1.807, 2.05) is 32.1 Å². The Hall–Kier alpha value is -3.86. The van der Waals surface area contributed by atoms with Crippen LogP contribution >= 0.6 is 0 Å². The lowest BCUT2D eigenvalue weighted by atomic mass is 9.73. The fourth-order valence-electron chi connectivity index (χ4n) is 2.95. The molecule has 1 fully saturated rings. The molecule has 2 amide bonds. The molecule has 1 aliphatic rings. The summed E-state index contributed by atoms with van der Waals surface area (Å²) < 4.78 is 17.9. The zero-order valence-corrected chi connectivity index (χ0v) is 22.0. The molecule has 10 heteroatoms. The van der Waals surface area contributed by atoms with Crippen molar-refractivity contribution in [3.63, 3.8) is 0 Å². The van der Waals surface area contributed by atoms with E-state index in [4.69, 9.17) is 15.3 Å². The van der Waals surface area contributed by atoms with Gasteiger partial charge in [0, 0.05) is 19.2 Å². The van der Waals surface area contributed by atoms with E-state index in [0.717, 1.165) is 5.70 Å². The van der Waals surface area contributed by atoms with E-state index in [0.29, 0.717) is 32.5 Å². The molecule has 0 radical (unpaired) electrons. The van der Waals surface area contributed by atoms with Gasteiger partial charge >= 0.3 is 6.09 Å². The van der Waals surface area contributed by atoms with Crippen LogP contribution < -0.4 is 10.6 Å². The lowest BCUT2D eigenvalue weighted by Gasteiger charge is -2.25. The van der Waals surface area contributed by atoms with Crippen molar-refractivity contribution in [2.24, 2.45) is 11.3 Å². The highest BCUT2D eigenvalue weighted by Crippen LogP contribution is 2.34. The molecule has 2 N–H and O–H groups in total. The number of rotatable bonds is 10. The maximum atomic E-state index is 12.8. The molecule has 0 aliphatic carbocycles. The van der Waals surface area contributed by atoms with Gasteiger partial charge in [-0.15, -0.1) is 12.3 Å². The Balaban J connectivity index is 0. The first kappa shape index (κ1) is 34.3. The third-order valence-corrected chi connectivity index (χ3v) is 5.32. The highest BCUT2D eigenvalue weighted by atomic mass is 19.1. The molecule has 0 aromatic rings. The van der Waals surface area contributed by atoms with Crippen LogP contribution in [0, 0.1) is 57.7 Å². The van der Waals surface area contributed by atoms with Crippen LogP contribution in [0.25, 0.3) is 0 Å². The number of carbonyl (C=O) groups excluding carboxylic acids is 2. The van der Waals surface area contributed by atoms with Crippen molar-refractivity contribution in [3.05, 3.63) is 23.7 Å². The quantitative estimate of drug-likeness (QED) is 0.342. The summed E-state index contributed by atoms with van der Waals surface area (Å²) in [6.45, 7) is 11.5. The van der Waals surface area contributed by atoms with E-state index >= 15 is 0 Å². The van der Waals surface area contributed by atoms with Crippen LogP contribution in [-0.4, -0.2) is 49.2 Å². The van der Waals surface area contributed by atoms with Gasteiger partial charge in [-0.05, 0) is 47.1 Å². The van der Waals surface area contributed by atoms with E-state index < -0.39 is 11.3 Å². The largest absolute Gasteiger partial charge is 0.442 e. The maximum Gasteiger partial charge on any atom is 0.414 e. The van der Waals surface area contributed by atoms with Gasteiger partial charge in [0.25, 0.3) is 0 Å². The summed E-state index contributed by atoms with van der Waals surface area (Å²) in [7, 11) is 0. The summed E-state index contributed by atoms with van der Waals surface area (Å²) in [5.74, 6) is 0.902. The minimum atomic E-state index is -0.983. The molecular formula is C26H37FN6O3. The molecule has 36 heavy (non-hydrogen) atoms. The van der Waals surface area contributed by atoms with Gasteiger partial charge in [0.2, 0.25) is 5.91 Å². The SMILES string of the molecule is C#CC.C/C=C(/F)CNCCC(C#N)(CC)C(C#N)C#N.C/C=C(\C)N1CC(CNC(C)=O)OC1=O. The Morgan fingerprint density at radius 2 is 1.89 bits per heavy atom. The number of nitriles is 3. The zero-order chi connectivity index (χ0) is 28.1.